The number of hydrogen-bond donors (Lipinski definition) is 1. The summed E-state index contributed by atoms with van der Waals surface area (Å²) in [4.78, 5) is 7.03. The molecular formula is C11H14N2S3. The fourth-order valence-corrected chi connectivity index (χ4v) is 3.75. The molecule has 0 aliphatic heterocycles. The molecule has 0 amide bonds. The van der Waals surface area contributed by atoms with Gasteiger partial charge in [0, 0.05) is 40.2 Å². The number of thiophene rings is 1. The van der Waals surface area contributed by atoms with Crippen LogP contribution in [0, 0.1) is 6.92 Å². The minimum atomic E-state index is 0.983. The predicted molar refractivity (Wildman–Crippen MR) is 73.6 cm³/mol. The van der Waals surface area contributed by atoms with Crippen LogP contribution in [-0.2, 0) is 6.54 Å². The molecule has 0 fully saturated rings. The first-order chi connectivity index (χ1) is 7.84. The molecule has 0 unspecified atom stereocenters. The number of nitrogens with one attached hydrogen (secondary N) is 1. The van der Waals surface area contributed by atoms with Crippen LogP contribution in [0.3, 0.4) is 0 Å². The highest BCUT2D eigenvalue weighted by Crippen LogP contribution is 2.19. The van der Waals surface area contributed by atoms with Crippen molar-refractivity contribution in [3.05, 3.63) is 33.5 Å². The van der Waals surface area contributed by atoms with Crippen LogP contribution in [0.4, 0.5) is 0 Å². The van der Waals surface area contributed by atoms with Gasteiger partial charge in [0.25, 0.3) is 0 Å². The third kappa shape index (κ3) is 3.90. The Morgan fingerprint density at radius 2 is 2.38 bits per heavy atom. The van der Waals surface area contributed by atoms with E-state index < -0.39 is 0 Å². The molecule has 2 nitrogen and oxygen atoms in total. The van der Waals surface area contributed by atoms with E-state index in [-0.39, 0.29) is 0 Å². The van der Waals surface area contributed by atoms with Crippen LogP contribution >= 0.6 is 34.4 Å². The Kier molecular flexibility index (Phi) is 4.84. The minimum absolute atomic E-state index is 0.983. The highest BCUT2D eigenvalue weighted by molar-refractivity contribution is 8.01. The first-order valence-electron chi connectivity index (χ1n) is 5.13. The van der Waals surface area contributed by atoms with Gasteiger partial charge in [-0.1, -0.05) is 11.8 Å². The smallest absolute Gasteiger partial charge is 0.149 e. The molecule has 2 aromatic rings. The molecular weight excluding hydrogens is 256 g/mol. The van der Waals surface area contributed by atoms with Crippen molar-refractivity contribution in [3.63, 3.8) is 0 Å². The molecule has 86 valence electrons. The largest absolute Gasteiger partial charge is 0.311 e. The standard InChI is InChI=1S/C11H14N2S3/c1-9-2-3-10(16-9)8-12-4-6-14-11-13-5-7-15-11/h2-3,5,7,12H,4,6,8H2,1H3. The van der Waals surface area contributed by atoms with Gasteiger partial charge in [0.05, 0.1) is 0 Å². The third-order valence-corrected chi connectivity index (χ3v) is 4.98. The molecule has 0 atom stereocenters. The van der Waals surface area contributed by atoms with Crippen molar-refractivity contribution in [1.29, 1.82) is 0 Å². The van der Waals surface area contributed by atoms with Gasteiger partial charge < -0.3 is 5.32 Å². The van der Waals surface area contributed by atoms with Crippen molar-refractivity contribution in [1.82, 2.24) is 10.3 Å². The molecule has 2 aromatic heterocycles. The fraction of sp³-hybridized carbons (Fsp3) is 0.364. The molecule has 2 heterocycles. The molecule has 0 radical (unpaired) electrons. The van der Waals surface area contributed by atoms with Gasteiger partial charge in [0.2, 0.25) is 0 Å². The van der Waals surface area contributed by atoms with Crippen LogP contribution in [-0.4, -0.2) is 17.3 Å². The number of hydrogen-bond acceptors (Lipinski definition) is 5. The number of thiazole rings is 1. The van der Waals surface area contributed by atoms with Crippen LogP contribution in [0.15, 0.2) is 28.0 Å². The molecule has 0 saturated carbocycles. The van der Waals surface area contributed by atoms with E-state index >= 15 is 0 Å². The van der Waals surface area contributed by atoms with Gasteiger partial charge in [0.1, 0.15) is 4.34 Å². The van der Waals surface area contributed by atoms with E-state index in [0.717, 1.165) is 23.2 Å². The Morgan fingerprint density at radius 1 is 1.44 bits per heavy atom. The van der Waals surface area contributed by atoms with E-state index in [1.807, 2.05) is 34.7 Å². The summed E-state index contributed by atoms with van der Waals surface area (Å²) in [5, 5.41) is 5.46. The molecule has 5 heteroatoms. The Labute approximate surface area is 108 Å². The number of thioether (sulfide) groups is 1. The maximum absolute atomic E-state index is 4.23. The lowest BCUT2D eigenvalue weighted by atomic mass is 10.4. The summed E-state index contributed by atoms with van der Waals surface area (Å²) in [5.74, 6) is 1.08. The summed E-state index contributed by atoms with van der Waals surface area (Å²) in [5.41, 5.74) is 0. The van der Waals surface area contributed by atoms with Crippen molar-refractivity contribution in [2.45, 2.75) is 17.8 Å². The van der Waals surface area contributed by atoms with Crippen molar-refractivity contribution in [2.24, 2.45) is 0 Å². The predicted octanol–water partition coefficient (Wildman–Crippen LogP) is 3.39. The molecule has 1 N–H and O–H groups in total. The van der Waals surface area contributed by atoms with Gasteiger partial charge in [-0.05, 0) is 19.1 Å². The normalized spacial score (nSPS) is 10.8. The monoisotopic (exact) mass is 270 g/mol. The Morgan fingerprint density at radius 3 is 3.06 bits per heavy atom. The summed E-state index contributed by atoms with van der Waals surface area (Å²) in [6.07, 6.45) is 1.86. The zero-order chi connectivity index (χ0) is 11.2. The summed E-state index contributed by atoms with van der Waals surface area (Å²) in [7, 11) is 0. The second kappa shape index (κ2) is 6.39. The lowest BCUT2D eigenvalue weighted by Crippen LogP contribution is -2.15. The highest BCUT2D eigenvalue weighted by atomic mass is 32.2. The summed E-state index contributed by atoms with van der Waals surface area (Å²) >= 11 is 5.39. The van der Waals surface area contributed by atoms with E-state index in [1.54, 1.807) is 11.3 Å². The van der Waals surface area contributed by atoms with Crippen molar-refractivity contribution in [2.75, 3.05) is 12.3 Å². The van der Waals surface area contributed by atoms with Crippen LogP contribution in [0.5, 0.6) is 0 Å². The van der Waals surface area contributed by atoms with Crippen LogP contribution in [0.2, 0.25) is 0 Å². The van der Waals surface area contributed by atoms with Crippen molar-refractivity contribution >= 4 is 34.4 Å². The Hall–Kier alpha value is -0.360. The molecule has 2 rings (SSSR count). The number of aromatic nitrogens is 1. The zero-order valence-corrected chi connectivity index (χ0v) is 11.6. The van der Waals surface area contributed by atoms with Crippen LogP contribution < -0.4 is 5.32 Å². The van der Waals surface area contributed by atoms with Crippen LogP contribution in [0.25, 0.3) is 0 Å². The SMILES string of the molecule is Cc1ccc(CNCCSc2nccs2)s1. The molecule has 0 spiro atoms. The quantitative estimate of drug-likeness (QED) is 0.643. The Balaban J connectivity index is 1.59. The van der Waals surface area contributed by atoms with Gasteiger partial charge in [-0.2, -0.15) is 0 Å². The van der Waals surface area contributed by atoms with Crippen molar-refractivity contribution < 1.29 is 0 Å². The van der Waals surface area contributed by atoms with E-state index in [4.69, 9.17) is 0 Å². The van der Waals surface area contributed by atoms with Gasteiger partial charge in [-0.3, -0.25) is 0 Å². The summed E-state index contributed by atoms with van der Waals surface area (Å²) in [6.45, 7) is 4.16. The molecule has 0 aliphatic rings. The van der Waals surface area contributed by atoms with Crippen LogP contribution in [0.1, 0.15) is 9.75 Å². The average Bonchev–Trinajstić information content (AvgIpc) is 2.89. The van der Waals surface area contributed by atoms with E-state index in [1.165, 1.54) is 9.75 Å². The molecule has 0 aromatic carbocycles. The molecule has 0 saturated heterocycles. The minimum Gasteiger partial charge on any atom is -0.311 e. The van der Waals surface area contributed by atoms with Gasteiger partial charge in [-0.15, -0.1) is 22.7 Å². The van der Waals surface area contributed by atoms with Gasteiger partial charge in [-0.25, -0.2) is 4.98 Å². The van der Waals surface area contributed by atoms with E-state index in [0.29, 0.717) is 0 Å². The first-order valence-corrected chi connectivity index (χ1v) is 7.81. The second-order valence-electron chi connectivity index (χ2n) is 3.34. The molecule has 0 bridgehead atoms. The topological polar surface area (TPSA) is 24.9 Å². The summed E-state index contributed by atoms with van der Waals surface area (Å²) in [6, 6.07) is 4.37. The number of rotatable bonds is 6. The van der Waals surface area contributed by atoms with Gasteiger partial charge in [0.15, 0.2) is 0 Å². The second-order valence-corrected chi connectivity index (χ2v) is 6.94. The highest BCUT2D eigenvalue weighted by Gasteiger charge is 1.97. The van der Waals surface area contributed by atoms with E-state index in [9.17, 15) is 0 Å². The van der Waals surface area contributed by atoms with E-state index in [2.05, 4.69) is 29.4 Å². The molecule has 16 heavy (non-hydrogen) atoms. The Bertz CT molecular complexity index is 409. The number of aryl methyl sites for hydroxylation is 1. The lowest BCUT2D eigenvalue weighted by molar-refractivity contribution is 0.741. The summed E-state index contributed by atoms with van der Waals surface area (Å²) < 4.78 is 1.16. The third-order valence-electron chi connectivity index (χ3n) is 2.01. The molecule has 0 aliphatic carbocycles. The maximum Gasteiger partial charge on any atom is 0.149 e. The maximum atomic E-state index is 4.23. The fourth-order valence-electron chi connectivity index (χ4n) is 1.28. The zero-order valence-electron chi connectivity index (χ0n) is 9.10. The number of nitrogens with zero attached hydrogens (tertiary/aromatic N) is 1. The first kappa shape index (κ1) is 12.1. The van der Waals surface area contributed by atoms with Gasteiger partial charge >= 0.3 is 0 Å². The van der Waals surface area contributed by atoms with Crippen molar-refractivity contribution in [3.8, 4) is 0 Å². The lowest BCUT2D eigenvalue weighted by Gasteiger charge is -2.01. The average molecular weight is 270 g/mol.